The van der Waals surface area contributed by atoms with Crippen LogP contribution in [0.3, 0.4) is 0 Å². The molecule has 0 bridgehead atoms. The molecule has 5 nitrogen and oxygen atoms in total. The molecule has 0 radical (unpaired) electrons. The van der Waals surface area contributed by atoms with Gasteiger partial charge in [0.2, 0.25) is 0 Å². The van der Waals surface area contributed by atoms with Crippen molar-refractivity contribution in [3.05, 3.63) is 23.8 Å². The minimum absolute atomic E-state index is 0.0386. The van der Waals surface area contributed by atoms with Gasteiger partial charge >= 0.3 is 12.3 Å². The first-order valence-electron chi connectivity index (χ1n) is 5.98. The zero-order valence-corrected chi connectivity index (χ0v) is 10.5. The average Bonchev–Trinajstić information content (AvgIpc) is 2.38. The quantitative estimate of drug-likeness (QED) is 0.777. The second-order valence-corrected chi connectivity index (χ2v) is 4.53. The molecule has 1 heterocycles. The van der Waals surface area contributed by atoms with Crippen molar-refractivity contribution >= 4 is 17.5 Å². The molecule has 0 spiro atoms. The second-order valence-electron chi connectivity index (χ2n) is 4.53. The van der Waals surface area contributed by atoms with Crippen molar-refractivity contribution < 1.29 is 23.1 Å². The fraction of sp³-hybridized carbons (Fsp3) is 0.417. The number of carboxylic acid groups (broad SMARTS) is 1. The van der Waals surface area contributed by atoms with E-state index in [0.717, 1.165) is 6.07 Å². The highest BCUT2D eigenvalue weighted by Gasteiger charge is 2.36. The van der Waals surface area contributed by atoms with E-state index in [9.17, 15) is 18.0 Å². The number of piperazine rings is 1. The van der Waals surface area contributed by atoms with Crippen LogP contribution in [0.5, 0.6) is 0 Å². The molecule has 1 aliphatic rings. The number of anilines is 2. The first-order valence-corrected chi connectivity index (χ1v) is 5.98. The van der Waals surface area contributed by atoms with Gasteiger partial charge in [-0.25, -0.2) is 4.79 Å². The molecule has 0 aromatic heterocycles. The van der Waals surface area contributed by atoms with Gasteiger partial charge in [-0.15, -0.1) is 0 Å². The summed E-state index contributed by atoms with van der Waals surface area (Å²) in [6.07, 6.45) is -5.55. The lowest BCUT2D eigenvalue weighted by molar-refractivity contribution is -0.137. The van der Waals surface area contributed by atoms with E-state index in [4.69, 9.17) is 10.8 Å². The molecule has 0 unspecified atom stereocenters. The largest absolute Gasteiger partial charge is 0.465 e. The molecule has 1 saturated heterocycles. The van der Waals surface area contributed by atoms with Crippen LogP contribution in [0.1, 0.15) is 5.56 Å². The van der Waals surface area contributed by atoms with Gasteiger partial charge in [-0.3, -0.25) is 0 Å². The van der Waals surface area contributed by atoms with Gasteiger partial charge in [0.15, 0.2) is 0 Å². The molecule has 2 rings (SSSR count). The predicted octanol–water partition coefficient (Wildman–Crippen LogP) is 2.09. The van der Waals surface area contributed by atoms with Crippen molar-refractivity contribution in [3.63, 3.8) is 0 Å². The van der Waals surface area contributed by atoms with Gasteiger partial charge < -0.3 is 20.6 Å². The normalized spacial score (nSPS) is 16.4. The van der Waals surface area contributed by atoms with E-state index in [1.807, 2.05) is 0 Å². The first kappa shape index (κ1) is 14.3. The minimum Gasteiger partial charge on any atom is -0.465 e. The Morgan fingerprint density at radius 3 is 2.30 bits per heavy atom. The lowest BCUT2D eigenvalue weighted by Gasteiger charge is -2.35. The van der Waals surface area contributed by atoms with Crippen LogP contribution < -0.4 is 10.6 Å². The van der Waals surface area contributed by atoms with Gasteiger partial charge in [0, 0.05) is 37.6 Å². The number of nitrogen functional groups attached to an aromatic ring is 1. The Labute approximate surface area is 113 Å². The van der Waals surface area contributed by atoms with E-state index >= 15 is 0 Å². The molecule has 20 heavy (non-hydrogen) atoms. The van der Waals surface area contributed by atoms with Gasteiger partial charge in [0.25, 0.3) is 0 Å². The molecule has 0 aliphatic carbocycles. The lowest BCUT2D eigenvalue weighted by atomic mass is 10.1. The Morgan fingerprint density at radius 2 is 1.80 bits per heavy atom. The maximum atomic E-state index is 13.0. The number of nitrogens with two attached hydrogens (primary N) is 1. The van der Waals surface area contributed by atoms with Gasteiger partial charge in [0.1, 0.15) is 0 Å². The first-order chi connectivity index (χ1) is 9.29. The van der Waals surface area contributed by atoms with Crippen LogP contribution in [0.4, 0.5) is 29.3 Å². The molecule has 1 aromatic rings. The second kappa shape index (κ2) is 5.10. The maximum Gasteiger partial charge on any atom is 0.418 e. The highest BCUT2D eigenvalue weighted by atomic mass is 19.4. The zero-order chi connectivity index (χ0) is 14.9. The van der Waals surface area contributed by atoms with Crippen molar-refractivity contribution in [3.8, 4) is 0 Å². The summed E-state index contributed by atoms with van der Waals surface area (Å²) in [7, 11) is 0. The number of benzene rings is 1. The lowest BCUT2D eigenvalue weighted by Crippen LogP contribution is -2.48. The number of rotatable bonds is 1. The summed E-state index contributed by atoms with van der Waals surface area (Å²) in [5.74, 6) is 0. The van der Waals surface area contributed by atoms with Gasteiger partial charge in [-0.05, 0) is 18.2 Å². The Balaban J connectivity index is 2.24. The number of hydrogen-bond acceptors (Lipinski definition) is 3. The van der Waals surface area contributed by atoms with Crippen molar-refractivity contribution in [2.75, 3.05) is 36.8 Å². The Hall–Kier alpha value is -2.12. The topological polar surface area (TPSA) is 69.8 Å². The smallest absolute Gasteiger partial charge is 0.418 e. The fourth-order valence-electron chi connectivity index (χ4n) is 2.20. The molecule has 110 valence electrons. The molecule has 8 heteroatoms. The highest BCUT2D eigenvalue weighted by molar-refractivity contribution is 5.66. The van der Waals surface area contributed by atoms with E-state index in [1.54, 1.807) is 0 Å². The molecule has 0 atom stereocenters. The van der Waals surface area contributed by atoms with Crippen LogP contribution in [-0.2, 0) is 6.18 Å². The fourth-order valence-corrected chi connectivity index (χ4v) is 2.20. The molecule has 1 aromatic carbocycles. The summed E-state index contributed by atoms with van der Waals surface area (Å²) >= 11 is 0. The van der Waals surface area contributed by atoms with Crippen LogP contribution in [0, 0.1) is 0 Å². The van der Waals surface area contributed by atoms with Gasteiger partial charge in [-0.1, -0.05) is 0 Å². The molecule has 3 N–H and O–H groups in total. The van der Waals surface area contributed by atoms with Crippen molar-refractivity contribution in [2.24, 2.45) is 0 Å². The standard InChI is InChI=1S/C12H14F3N3O2/c13-12(14,15)9-7-8(16)1-2-10(9)17-3-5-18(6-4-17)11(19)20/h1-2,7H,3-6,16H2,(H,19,20). The third-order valence-electron chi connectivity index (χ3n) is 3.22. The number of halogens is 3. The Morgan fingerprint density at radius 1 is 1.20 bits per heavy atom. The summed E-state index contributed by atoms with van der Waals surface area (Å²) in [5.41, 5.74) is 4.71. The van der Waals surface area contributed by atoms with E-state index in [-0.39, 0.29) is 37.6 Å². The molecule has 1 fully saturated rings. The number of amides is 1. The van der Waals surface area contributed by atoms with Gasteiger partial charge in [0.05, 0.1) is 5.56 Å². The number of nitrogens with zero attached hydrogens (tertiary/aromatic N) is 2. The van der Waals surface area contributed by atoms with E-state index in [1.165, 1.54) is 21.9 Å². The number of carbonyl (C=O) groups is 1. The molecular formula is C12H14F3N3O2. The van der Waals surface area contributed by atoms with Crippen LogP contribution >= 0.6 is 0 Å². The Kier molecular flexibility index (Phi) is 3.65. The van der Waals surface area contributed by atoms with Crippen LogP contribution in [0.25, 0.3) is 0 Å². The Bertz CT molecular complexity index is 511. The van der Waals surface area contributed by atoms with E-state index < -0.39 is 17.8 Å². The molecule has 0 saturated carbocycles. The zero-order valence-electron chi connectivity index (χ0n) is 10.5. The minimum atomic E-state index is -4.49. The summed E-state index contributed by atoms with van der Waals surface area (Å²) in [4.78, 5) is 13.5. The van der Waals surface area contributed by atoms with Gasteiger partial charge in [-0.2, -0.15) is 13.2 Å². The summed E-state index contributed by atoms with van der Waals surface area (Å²) in [5, 5.41) is 8.83. The van der Waals surface area contributed by atoms with Crippen LogP contribution in [0.15, 0.2) is 18.2 Å². The summed E-state index contributed by atoms with van der Waals surface area (Å²) in [6.45, 7) is 0.798. The van der Waals surface area contributed by atoms with Crippen molar-refractivity contribution in [2.45, 2.75) is 6.18 Å². The number of hydrogen-bond donors (Lipinski definition) is 2. The van der Waals surface area contributed by atoms with E-state index in [0.29, 0.717) is 0 Å². The molecule has 1 aliphatic heterocycles. The van der Waals surface area contributed by atoms with Crippen LogP contribution in [0.2, 0.25) is 0 Å². The summed E-state index contributed by atoms with van der Waals surface area (Å²) < 4.78 is 39.0. The highest BCUT2D eigenvalue weighted by Crippen LogP contribution is 2.38. The van der Waals surface area contributed by atoms with Crippen LogP contribution in [-0.4, -0.2) is 42.3 Å². The number of alkyl halides is 3. The molecule has 1 amide bonds. The SMILES string of the molecule is Nc1ccc(N2CCN(C(=O)O)CC2)c(C(F)(F)F)c1. The van der Waals surface area contributed by atoms with Crippen molar-refractivity contribution in [1.82, 2.24) is 4.90 Å². The predicted molar refractivity (Wildman–Crippen MR) is 67.7 cm³/mol. The maximum absolute atomic E-state index is 13.0. The molecular weight excluding hydrogens is 275 g/mol. The summed E-state index contributed by atoms with van der Waals surface area (Å²) in [6, 6.07) is 3.64. The monoisotopic (exact) mass is 289 g/mol. The third-order valence-corrected chi connectivity index (χ3v) is 3.22. The van der Waals surface area contributed by atoms with Crippen molar-refractivity contribution in [1.29, 1.82) is 0 Å². The average molecular weight is 289 g/mol. The van der Waals surface area contributed by atoms with E-state index in [2.05, 4.69) is 0 Å². The third kappa shape index (κ3) is 2.89.